The molecule has 3 heteroatoms. The molecule has 0 saturated heterocycles. The Morgan fingerprint density at radius 1 is 0.774 bits per heavy atom. The fourth-order valence-corrected chi connectivity index (χ4v) is 4.52. The lowest BCUT2D eigenvalue weighted by atomic mass is 9.90. The standard InChI is InChI=1S/C28H31N3/c1-18-16-19(2)28(20(3)17-18)30-22(5)26-14-9-13-25(31-26)21(4)29-27-15-8-11-23-10-6-7-12-24(23)27/h8-9,11,13-17H,6-7,10,12H2,1-5H3. The minimum Gasteiger partial charge on any atom is -0.251 e. The first-order chi connectivity index (χ1) is 14.9. The highest BCUT2D eigenvalue weighted by Gasteiger charge is 2.13. The van der Waals surface area contributed by atoms with Gasteiger partial charge in [-0.15, -0.1) is 0 Å². The second-order valence-electron chi connectivity index (χ2n) is 8.67. The van der Waals surface area contributed by atoms with Crippen molar-refractivity contribution in [2.24, 2.45) is 9.98 Å². The normalized spacial score (nSPS) is 14.5. The summed E-state index contributed by atoms with van der Waals surface area (Å²) in [5.74, 6) is 0. The number of aromatic nitrogens is 1. The van der Waals surface area contributed by atoms with Crippen LogP contribution in [0.1, 0.15) is 65.9 Å². The van der Waals surface area contributed by atoms with E-state index in [1.807, 2.05) is 25.1 Å². The van der Waals surface area contributed by atoms with E-state index in [1.165, 1.54) is 47.1 Å². The average molecular weight is 410 g/mol. The summed E-state index contributed by atoms with van der Waals surface area (Å²) in [5.41, 5.74) is 12.3. The van der Waals surface area contributed by atoms with E-state index >= 15 is 0 Å². The Hall–Kier alpha value is -3.07. The molecule has 0 fully saturated rings. The van der Waals surface area contributed by atoms with Crippen molar-refractivity contribution in [3.05, 3.63) is 87.7 Å². The van der Waals surface area contributed by atoms with Crippen molar-refractivity contribution in [1.29, 1.82) is 0 Å². The smallest absolute Gasteiger partial charge is 0.0849 e. The summed E-state index contributed by atoms with van der Waals surface area (Å²) in [7, 11) is 0. The Balaban J connectivity index is 1.67. The third-order valence-electron chi connectivity index (χ3n) is 6.06. The molecule has 0 atom stereocenters. The monoisotopic (exact) mass is 409 g/mol. The van der Waals surface area contributed by atoms with Gasteiger partial charge in [0, 0.05) is 0 Å². The Kier molecular flexibility index (Phi) is 6.13. The number of pyridine rings is 1. The maximum absolute atomic E-state index is 4.98. The third-order valence-corrected chi connectivity index (χ3v) is 6.06. The average Bonchev–Trinajstić information content (AvgIpc) is 2.76. The Morgan fingerprint density at radius 3 is 2.10 bits per heavy atom. The zero-order valence-electron chi connectivity index (χ0n) is 19.3. The lowest BCUT2D eigenvalue weighted by molar-refractivity contribution is 0.686. The molecule has 1 heterocycles. The van der Waals surface area contributed by atoms with Gasteiger partial charge in [0.15, 0.2) is 0 Å². The zero-order chi connectivity index (χ0) is 22.0. The Bertz CT molecular complexity index is 1160. The second-order valence-corrected chi connectivity index (χ2v) is 8.67. The fourth-order valence-electron chi connectivity index (χ4n) is 4.52. The molecule has 0 unspecified atom stereocenters. The molecule has 0 saturated carbocycles. The van der Waals surface area contributed by atoms with Crippen LogP contribution in [0, 0.1) is 20.8 Å². The lowest BCUT2D eigenvalue weighted by Crippen LogP contribution is -2.06. The van der Waals surface area contributed by atoms with Crippen molar-refractivity contribution in [2.75, 3.05) is 0 Å². The topological polar surface area (TPSA) is 37.6 Å². The molecule has 0 N–H and O–H groups in total. The summed E-state index contributed by atoms with van der Waals surface area (Å²) in [6, 6.07) is 17.0. The van der Waals surface area contributed by atoms with Crippen LogP contribution in [0.4, 0.5) is 11.4 Å². The predicted octanol–water partition coefficient (Wildman–Crippen LogP) is 7.17. The number of fused-ring (bicyclic) bond motifs is 1. The molecule has 1 aromatic heterocycles. The van der Waals surface area contributed by atoms with Crippen LogP contribution in [0.2, 0.25) is 0 Å². The van der Waals surface area contributed by atoms with Crippen LogP contribution in [0.25, 0.3) is 0 Å². The quantitative estimate of drug-likeness (QED) is 0.421. The maximum Gasteiger partial charge on any atom is 0.0849 e. The van der Waals surface area contributed by atoms with Crippen LogP contribution in [0.3, 0.4) is 0 Å². The Morgan fingerprint density at radius 2 is 1.39 bits per heavy atom. The van der Waals surface area contributed by atoms with Crippen LogP contribution >= 0.6 is 0 Å². The van der Waals surface area contributed by atoms with E-state index in [2.05, 4.69) is 58.0 Å². The summed E-state index contributed by atoms with van der Waals surface area (Å²) in [5, 5.41) is 0. The van der Waals surface area contributed by atoms with E-state index in [-0.39, 0.29) is 0 Å². The Labute approximate surface area is 186 Å². The number of hydrogen-bond donors (Lipinski definition) is 0. The van der Waals surface area contributed by atoms with Crippen LogP contribution in [-0.2, 0) is 12.8 Å². The molecule has 2 aromatic carbocycles. The minimum atomic E-state index is 0.890. The molecule has 3 nitrogen and oxygen atoms in total. The van der Waals surface area contributed by atoms with E-state index in [9.17, 15) is 0 Å². The van der Waals surface area contributed by atoms with Crippen LogP contribution < -0.4 is 0 Å². The van der Waals surface area contributed by atoms with Crippen molar-refractivity contribution in [2.45, 2.75) is 60.3 Å². The SMILES string of the molecule is CC(=Nc1cccc2c1CCCC2)c1cccc(C(C)=Nc2c(C)cc(C)cc2C)n1. The molecular weight excluding hydrogens is 378 g/mol. The maximum atomic E-state index is 4.98. The van der Waals surface area contributed by atoms with Gasteiger partial charge in [-0.05, 0) is 101 Å². The summed E-state index contributed by atoms with van der Waals surface area (Å²) < 4.78 is 0. The van der Waals surface area contributed by atoms with Gasteiger partial charge in [0.1, 0.15) is 0 Å². The molecule has 1 aliphatic carbocycles. The first-order valence-corrected chi connectivity index (χ1v) is 11.2. The van der Waals surface area contributed by atoms with E-state index in [1.54, 1.807) is 0 Å². The van der Waals surface area contributed by atoms with E-state index in [0.717, 1.165) is 40.6 Å². The number of benzene rings is 2. The van der Waals surface area contributed by atoms with E-state index in [0.29, 0.717) is 0 Å². The van der Waals surface area contributed by atoms with E-state index in [4.69, 9.17) is 15.0 Å². The first kappa shape index (κ1) is 21.2. The van der Waals surface area contributed by atoms with Gasteiger partial charge in [0.25, 0.3) is 0 Å². The molecule has 0 aliphatic heterocycles. The van der Waals surface area contributed by atoms with Gasteiger partial charge >= 0.3 is 0 Å². The summed E-state index contributed by atoms with van der Waals surface area (Å²) >= 11 is 0. The minimum absolute atomic E-state index is 0.890. The number of nitrogens with zero attached hydrogens (tertiary/aromatic N) is 3. The molecule has 31 heavy (non-hydrogen) atoms. The molecule has 4 rings (SSSR count). The molecule has 3 aromatic rings. The van der Waals surface area contributed by atoms with Crippen molar-refractivity contribution in [3.63, 3.8) is 0 Å². The highest BCUT2D eigenvalue weighted by atomic mass is 14.8. The third kappa shape index (κ3) is 4.66. The molecule has 0 spiro atoms. The van der Waals surface area contributed by atoms with Crippen molar-refractivity contribution >= 4 is 22.8 Å². The van der Waals surface area contributed by atoms with Gasteiger partial charge in [-0.2, -0.15) is 0 Å². The van der Waals surface area contributed by atoms with Crippen molar-refractivity contribution < 1.29 is 0 Å². The van der Waals surface area contributed by atoms with Crippen LogP contribution in [0.5, 0.6) is 0 Å². The summed E-state index contributed by atoms with van der Waals surface area (Å²) in [6.07, 6.45) is 4.82. The van der Waals surface area contributed by atoms with E-state index < -0.39 is 0 Å². The highest BCUT2D eigenvalue weighted by Crippen LogP contribution is 2.30. The number of aliphatic imine (C=N–C) groups is 2. The van der Waals surface area contributed by atoms with Gasteiger partial charge in [-0.25, -0.2) is 4.98 Å². The molecule has 0 amide bonds. The van der Waals surface area contributed by atoms with Crippen molar-refractivity contribution in [3.8, 4) is 0 Å². The summed E-state index contributed by atoms with van der Waals surface area (Å²) in [6.45, 7) is 10.4. The van der Waals surface area contributed by atoms with Crippen molar-refractivity contribution in [1.82, 2.24) is 4.98 Å². The molecule has 0 radical (unpaired) electrons. The molecular formula is C28H31N3. The number of hydrogen-bond acceptors (Lipinski definition) is 3. The van der Waals surface area contributed by atoms with Gasteiger partial charge in [-0.1, -0.05) is 35.9 Å². The fraction of sp³-hybridized carbons (Fsp3) is 0.321. The first-order valence-electron chi connectivity index (χ1n) is 11.2. The highest BCUT2D eigenvalue weighted by molar-refractivity contribution is 6.02. The molecule has 0 bridgehead atoms. The number of aryl methyl sites for hydroxylation is 4. The molecule has 158 valence electrons. The van der Waals surface area contributed by atoms with Gasteiger partial charge in [0.2, 0.25) is 0 Å². The number of rotatable bonds is 4. The van der Waals surface area contributed by atoms with Gasteiger partial charge in [-0.3, -0.25) is 9.98 Å². The second kappa shape index (κ2) is 8.97. The lowest BCUT2D eigenvalue weighted by Gasteiger charge is -2.17. The van der Waals surface area contributed by atoms with Crippen LogP contribution in [-0.4, -0.2) is 16.4 Å². The van der Waals surface area contributed by atoms with Crippen LogP contribution in [0.15, 0.2) is 58.5 Å². The summed E-state index contributed by atoms with van der Waals surface area (Å²) in [4.78, 5) is 14.8. The largest absolute Gasteiger partial charge is 0.251 e. The predicted molar refractivity (Wildman–Crippen MR) is 132 cm³/mol. The zero-order valence-corrected chi connectivity index (χ0v) is 19.3. The molecule has 1 aliphatic rings. The van der Waals surface area contributed by atoms with Gasteiger partial charge < -0.3 is 0 Å². The van der Waals surface area contributed by atoms with Gasteiger partial charge in [0.05, 0.1) is 34.2 Å².